The highest BCUT2D eigenvalue weighted by atomic mass is 16.6. The van der Waals surface area contributed by atoms with E-state index in [9.17, 15) is 14.9 Å². The molecule has 1 fully saturated rings. The molecule has 0 spiro atoms. The van der Waals surface area contributed by atoms with E-state index in [0.717, 1.165) is 13.1 Å². The Labute approximate surface area is 150 Å². The number of rotatable bonds is 4. The Hall–Kier alpha value is -3.01. The van der Waals surface area contributed by atoms with Crippen LogP contribution in [0.2, 0.25) is 0 Å². The van der Waals surface area contributed by atoms with Gasteiger partial charge in [0.25, 0.3) is 5.69 Å². The molecule has 1 aliphatic rings. The van der Waals surface area contributed by atoms with Gasteiger partial charge in [0.05, 0.1) is 23.9 Å². The van der Waals surface area contributed by atoms with Crippen molar-refractivity contribution in [2.75, 3.05) is 38.7 Å². The molecule has 0 bridgehead atoms. The molecule has 10 heteroatoms. The summed E-state index contributed by atoms with van der Waals surface area (Å²) >= 11 is 0. The standard InChI is InChI=1S/C16H20N6O4/c1-11-9-20(7-6-19(11)2)14-5-4-12(8-15(14)22(24)25)21-10-13(17-18-21)16(23)26-3/h4-5,8,10-11H,6-7,9H2,1-3H3/t11-/m0/s1. The molecule has 1 aromatic carbocycles. The molecule has 0 radical (unpaired) electrons. The number of ether oxygens (including phenoxy) is 1. The molecule has 3 rings (SSSR count). The second-order valence-corrected chi connectivity index (χ2v) is 6.25. The maximum Gasteiger partial charge on any atom is 0.360 e. The van der Waals surface area contributed by atoms with Crippen LogP contribution >= 0.6 is 0 Å². The van der Waals surface area contributed by atoms with Crippen molar-refractivity contribution in [3.8, 4) is 5.69 Å². The van der Waals surface area contributed by atoms with Crippen LogP contribution in [0.3, 0.4) is 0 Å². The Kier molecular flexibility index (Phi) is 4.85. The van der Waals surface area contributed by atoms with Crippen LogP contribution < -0.4 is 4.90 Å². The molecule has 1 aliphatic heterocycles. The average Bonchev–Trinajstić information content (AvgIpc) is 3.13. The molecule has 1 aromatic heterocycles. The minimum Gasteiger partial charge on any atom is -0.464 e. The van der Waals surface area contributed by atoms with E-state index in [0.29, 0.717) is 24.0 Å². The van der Waals surface area contributed by atoms with Crippen molar-refractivity contribution in [1.82, 2.24) is 19.9 Å². The number of carbonyl (C=O) groups is 1. The molecule has 0 saturated carbocycles. The van der Waals surface area contributed by atoms with Crippen LogP contribution in [0.5, 0.6) is 0 Å². The first-order chi connectivity index (χ1) is 12.4. The van der Waals surface area contributed by atoms with Gasteiger partial charge >= 0.3 is 5.97 Å². The van der Waals surface area contributed by atoms with Gasteiger partial charge in [-0.2, -0.15) is 0 Å². The number of hydrogen-bond acceptors (Lipinski definition) is 8. The smallest absolute Gasteiger partial charge is 0.360 e. The Morgan fingerprint density at radius 2 is 2.15 bits per heavy atom. The molecule has 2 aromatic rings. The number of aromatic nitrogens is 3. The second-order valence-electron chi connectivity index (χ2n) is 6.25. The highest BCUT2D eigenvalue weighted by Crippen LogP contribution is 2.31. The van der Waals surface area contributed by atoms with Crippen molar-refractivity contribution >= 4 is 17.3 Å². The SMILES string of the molecule is COC(=O)c1cn(-c2ccc(N3CCN(C)[C@@H](C)C3)c([N+](=O)[O-])c2)nn1. The summed E-state index contributed by atoms with van der Waals surface area (Å²) in [4.78, 5) is 26.9. The van der Waals surface area contributed by atoms with E-state index in [1.54, 1.807) is 12.1 Å². The van der Waals surface area contributed by atoms with Gasteiger partial charge in [0, 0.05) is 31.7 Å². The Balaban J connectivity index is 1.93. The molecule has 0 N–H and O–H groups in total. The van der Waals surface area contributed by atoms with Crippen molar-refractivity contribution in [2.24, 2.45) is 0 Å². The van der Waals surface area contributed by atoms with Crippen molar-refractivity contribution in [3.63, 3.8) is 0 Å². The van der Waals surface area contributed by atoms with E-state index in [4.69, 9.17) is 0 Å². The number of nitrogens with zero attached hydrogens (tertiary/aromatic N) is 6. The van der Waals surface area contributed by atoms with Gasteiger partial charge in [0.15, 0.2) is 5.69 Å². The molecule has 26 heavy (non-hydrogen) atoms. The quantitative estimate of drug-likeness (QED) is 0.453. The number of piperazine rings is 1. The predicted octanol–water partition coefficient (Wildman–Crippen LogP) is 1.10. The van der Waals surface area contributed by atoms with Crippen LogP contribution in [-0.4, -0.2) is 70.6 Å². The summed E-state index contributed by atoms with van der Waals surface area (Å²) in [6, 6.07) is 5.18. The van der Waals surface area contributed by atoms with Crippen LogP contribution in [0.15, 0.2) is 24.4 Å². The van der Waals surface area contributed by atoms with E-state index in [-0.39, 0.29) is 11.4 Å². The topological polar surface area (TPSA) is 107 Å². The second kappa shape index (κ2) is 7.08. The van der Waals surface area contributed by atoms with Crippen molar-refractivity contribution in [1.29, 1.82) is 0 Å². The monoisotopic (exact) mass is 360 g/mol. The number of hydrogen-bond donors (Lipinski definition) is 0. The number of methoxy groups -OCH3 is 1. The Morgan fingerprint density at radius 3 is 2.81 bits per heavy atom. The molecular formula is C16H20N6O4. The average molecular weight is 360 g/mol. The summed E-state index contributed by atoms with van der Waals surface area (Å²) in [5.74, 6) is -0.617. The molecule has 138 valence electrons. The van der Waals surface area contributed by atoms with E-state index >= 15 is 0 Å². The number of benzene rings is 1. The van der Waals surface area contributed by atoms with E-state index in [1.807, 2.05) is 11.9 Å². The third-order valence-electron chi connectivity index (χ3n) is 4.61. The number of nitro benzene ring substituents is 1. The van der Waals surface area contributed by atoms with Gasteiger partial charge in [-0.3, -0.25) is 10.1 Å². The largest absolute Gasteiger partial charge is 0.464 e. The van der Waals surface area contributed by atoms with Gasteiger partial charge in [0.1, 0.15) is 5.69 Å². The van der Waals surface area contributed by atoms with Crippen LogP contribution in [-0.2, 0) is 4.74 Å². The van der Waals surface area contributed by atoms with Gasteiger partial charge in [-0.1, -0.05) is 5.21 Å². The zero-order valence-electron chi connectivity index (χ0n) is 14.8. The molecule has 0 amide bonds. The number of nitro groups is 1. The van der Waals surface area contributed by atoms with Crippen molar-refractivity contribution in [3.05, 3.63) is 40.2 Å². The van der Waals surface area contributed by atoms with Gasteiger partial charge in [-0.05, 0) is 26.1 Å². The maximum absolute atomic E-state index is 11.6. The molecule has 1 saturated heterocycles. The van der Waals surface area contributed by atoms with Gasteiger partial charge in [-0.15, -0.1) is 5.10 Å². The third-order valence-corrected chi connectivity index (χ3v) is 4.61. The summed E-state index contributed by atoms with van der Waals surface area (Å²) < 4.78 is 5.91. The molecule has 2 heterocycles. The van der Waals surface area contributed by atoms with E-state index in [2.05, 4.69) is 26.9 Å². The zero-order chi connectivity index (χ0) is 18.8. The third kappa shape index (κ3) is 3.36. The lowest BCUT2D eigenvalue weighted by Gasteiger charge is -2.38. The van der Waals surface area contributed by atoms with Gasteiger partial charge < -0.3 is 14.5 Å². The van der Waals surface area contributed by atoms with Gasteiger partial charge in [-0.25, -0.2) is 9.48 Å². The number of esters is 1. The van der Waals surface area contributed by atoms with Crippen molar-refractivity contribution < 1.29 is 14.5 Å². The maximum atomic E-state index is 11.6. The summed E-state index contributed by atoms with van der Waals surface area (Å²) in [5.41, 5.74) is 1.05. The Morgan fingerprint density at radius 1 is 1.38 bits per heavy atom. The highest BCUT2D eigenvalue weighted by molar-refractivity contribution is 5.86. The summed E-state index contributed by atoms with van der Waals surface area (Å²) in [7, 11) is 3.29. The minimum atomic E-state index is -0.617. The van der Waals surface area contributed by atoms with Crippen LogP contribution in [0.25, 0.3) is 5.69 Å². The highest BCUT2D eigenvalue weighted by Gasteiger charge is 2.26. The molecular weight excluding hydrogens is 340 g/mol. The summed E-state index contributed by atoms with van der Waals surface area (Å²) in [6.07, 6.45) is 1.38. The van der Waals surface area contributed by atoms with Crippen LogP contribution in [0.4, 0.5) is 11.4 Å². The van der Waals surface area contributed by atoms with Crippen molar-refractivity contribution in [2.45, 2.75) is 13.0 Å². The van der Waals surface area contributed by atoms with E-state index in [1.165, 1.54) is 24.1 Å². The predicted molar refractivity (Wildman–Crippen MR) is 93.7 cm³/mol. The Bertz CT molecular complexity index is 836. The normalized spacial score (nSPS) is 18.0. The van der Waals surface area contributed by atoms with Crippen LogP contribution in [0, 0.1) is 10.1 Å². The number of carbonyl (C=O) groups excluding carboxylic acids is 1. The zero-order valence-corrected chi connectivity index (χ0v) is 14.8. The molecule has 1 atom stereocenters. The fourth-order valence-electron chi connectivity index (χ4n) is 2.92. The molecule has 0 aliphatic carbocycles. The lowest BCUT2D eigenvalue weighted by molar-refractivity contribution is -0.384. The first kappa shape index (κ1) is 17.8. The first-order valence-corrected chi connectivity index (χ1v) is 8.15. The van der Waals surface area contributed by atoms with E-state index < -0.39 is 10.9 Å². The lowest BCUT2D eigenvalue weighted by atomic mass is 10.1. The molecule has 0 unspecified atom stereocenters. The fourth-order valence-corrected chi connectivity index (χ4v) is 2.92. The summed E-state index contributed by atoms with van der Waals surface area (Å²) in [6.45, 7) is 4.37. The number of anilines is 1. The molecule has 10 nitrogen and oxygen atoms in total. The van der Waals surface area contributed by atoms with Crippen LogP contribution in [0.1, 0.15) is 17.4 Å². The van der Waals surface area contributed by atoms with Gasteiger partial charge in [0.2, 0.25) is 0 Å². The number of likely N-dealkylation sites (N-methyl/N-ethyl adjacent to an activating group) is 1. The summed E-state index contributed by atoms with van der Waals surface area (Å²) in [5, 5.41) is 19.2. The fraction of sp³-hybridized carbons (Fsp3) is 0.438. The minimum absolute atomic E-state index is 0.00521. The lowest BCUT2D eigenvalue weighted by Crippen LogP contribution is -2.50. The first-order valence-electron chi connectivity index (χ1n) is 8.15.